The molecule has 0 saturated carbocycles. The fourth-order valence-electron chi connectivity index (χ4n) is 2.85. The Morgan fingerprint density at radius 3 is 1.87 bits per heavy atom. The topological polar surface area (TPSA) is 145 Å². The van der Waals surface area contributed by atoms with Gasteiger partial charge in [-0.05, 0) is 72.5 Å². The highest BCUT2D eigenvalue weighted by Gasteiger charge is 2.23. The smallest absolute Gasteiger partial charge is 0.326 e. The summed E-state index contributed by atoms with van der Waals surface area (Å²) >= 11 is 2.15. The summed E-state index contributed by atoms with van der Waals surface area (Å²) in [5.74, 6) is -2.55. The molecule has 31 heavy (non-hydrogen) atoms. The quantitative estimate of drug-likeness (QED) is 0.179. The molecule has 0 bridgehead atoms. The first kappa shape index (κ1) is 26.7. The van der Waals surface area contributed by atoms with Gasteiger partial charge in [-0.15, -0.1) is 0 Å². The minimum absolute atomic E-state index is 0.162. The third-order valence-electron chi connectivity index (χ3n) is 4.61. The Labute approximate surface area is 195 Å². The van der Waals surface area contributed by atoms with Crippen LogP contribution in [0, 0.1) is 3.57 Å². The van der Waals surface area contributed by atoms with Crippen molar-refractivity contribution in [3.63, 3.8) is 0 Å². The fourth-order valence-corrected chi connectivity index (χ4v) is 3.21. The van der Waals surface area contributed by atoms with Crippen molar-refractivity contribution in [1.29, 1.82) is 0 Å². The number of urea groups is 1. The average Bonchev–Trinajstić information content (AvgIpc) is 2.72. The Morgan fingerprint density at radius 1 is 0.871 bits per heavy atom. The van der Waals surface area contributed by atoms with Gasteiger partial charge in [0, 0.05) is 15.7 Å². The zero-order valence-corrected chi connectivity index (χ0v) is 19.7. The lowest BCUT2D eigenvalue weighted by Gasteiger charge is -2.18. The molecule has 1 aromatic carbocycles. The van der Waals surface area contributed by atoms with Crippen LogP contribution in [0.2, 0.25) is 0 Å². The second-order valence-corrected chi connectivity index (χ2v) is 8.40. The molecular weight excluding hydrogens is 517 g/mol. The molecule has 0 aromatic heterocycles. The fraction of sp³-hybridized carbons (Fsp3) is 0.524. The van der Waals surface area contributed by atoms with Crippen LogP contribution in [0.1, 0.15) is 62.2 Å². The van der Waals surface area contributed by atoms with Crippen molar-refractivity contribution in [2.45, 2.75) is 64.0 Å². The second-order valence-electron chi connectivity index (χ2n) is 7.15. The van der Waals surface area contributed by atoms with Gasteiger partial charge >= 0.3 is 18.0 Å². The van der Waals surface area contributed by atoms with Crippen molar-refractivity contribution in [3.8, 4) is 0 Å². The zero-order valence-electron chi connectivity index (χ0n) is 17.5. The maximum Gasteiger partial charge on any atom is 0.326 e. The van der Waals surface area contributed by atoms with E-state index in [2.05, 4.69) is 38.5 Å². The lowest BCUT2D eigenvalue weighted by atomic mass is 10.1. The lowest BCUT2D eigenvalue weighted by Crippen LogP contribution is -2.51. The third-order valence-corrected chi connectivity index (χ3v) is 5.33. The van der Waals surface area contributed by atoms with Crippen molar-refractivity contribution in [3.05, 3.63) is 33.4 Å². The highest BCUT2D eigenvalue weighted by Crippen LogP contribution is 2.07. The minimum atomic E-state index is -1.20. The van der Waals surface area contributed by atoms with Crippen LogP contribution in [0.15, 0.2) is 24.3 Å². The van der Waals surface area contributed by atoms with E-state index in [1.54, 1.807) is 12.1 Å². The van der Waals surface area contributed by atoms with Crippen molar-refractivity contribution in [1.82, 2.24) is 16.0 Å². The molecule has 0 fully saturated rings. The molecule has 1 rings (SSSR count). The SMILES string of the molecule is CCCCC[C@H](NC(=O)N[C@@H](CCCCNC(=O)c1ccc(I)cc1)C(=O)O)C(=O)O. The average molecular weight is 547 g/mol. The van der Waals surface area contributed by atoms with E-state index in [0.29, 0.717) is 31.4 Å². The van der Waals surface area contributed by atoms with Crippen molar-refractivity contribution >= 4 is 46.5 Å². The number of carboxylic acid groups (broad SMARTS) is 2. The molecule has 2 atom stereocenters. The number of amides is 3. The Bertz CT molecular complexity index is 741. The van der Waals surface area contributed by atoms with Gasteiger partial charge in [0.05, 0.1) is 0 Å². The van der Waals surface area contributed by atoms with Gasteiger partial charge in [0.15, 0.2) is 0 Å². The summed E-state index contributed by atoms with van der Waals surface area (Å²) in [4.78, 5) is 46.8. The lowest BCUT2D eigenvalue weighted by molar-refractivity contribution is -0.139. The van der Waals surface area contributed by atoms with Gasteiger partial charge in [0.2, 0.25) is 0 Å². The number of hydrogen-bond acceptors (Lipinski definition) is 4. The summed E-state index contributed by atoms with van der Waals surface area (Å²) in [5, 5.41) is 26.0. The first-order valence-corrected chi connectivity index (χ1v) is 11.4. The van der Waals surface area contributed by atoms with E-state index >= 15 is 0 Å². The molecule has 10 heteroatoms. The molecule has 3 amide bonds. The minimum Gasteiger partial charge on any atom is -0.480 e. The van der Waals surface area contributed by atoms with Gasteiger partial charge in [-0.3, -0.25) is 4.79 Å². The first-order valence-electron chi connectivity index (χ1n) is 10.3. The summed E-state index contributed by atoms with van der Waals surface area (Å²) in [5.41, 5.74) is 0.550. The number of unbranched alkanes of at least 4 members (excludes halogenated alkanes) is 3. The van der Waals surface area contributed by atoms with Crippen LogP contribution in [0.25, 0.3) is 0 Å². The van der Waals surface area contributed by atoms with Gasteiger partial charge < -0.3 is 26.2 Å². The van der Waals surface area contributed by atoms with E-state index < -0.39 is 30.1 Å². The van der Waals surface area contributed by atoms with Crippen LogP contribution >= 0.6 is 22.6 Å². The van der Waals surface area contributed by atoms with Gasteiger partial charge in [-0.2, -0.15) is 0 Å². The van der Waals surface area contributed by atoms with E-state index in [-0.39, 0.29) is 18.7 Å². The number of nitrogens with one attached hydrogen (secondary N) is 3. The summed E-state index contributed by atoms with van der Waals surface area (Å²) in [6.45, 7) is 2.36. The molecule has 0 aliphatic rings. The molecule has 0 aliphatic carbocycles. The second kappa shape index (κ2) is 14.6. The van der Waals surface area contributed by atoms with E-state index in [1.807, 2.05) is 19.1 Å². The normalized spacial score (nSPS) is 12.5. The molecule has 0 aliphatic heterocycles. The van der Waals surface area contributed by atoms with E-state index in [0.717, 1.165) is 16.4 Å². The van der Waals surface area contributed by atoms with Gasteiger partial charge in [-0.1, -0.05) is 26.2 Å². The maximum atomic E-state index is 12.1. The monoisotopic (exact) mass is 547 g/mol. The first-order chi connectivity index (χ1) is 14.7. The summed E-state index contributed by atoms with van der Waals surface area (Å²) in [6, 6.07) is 4.11. The van der Waals surface area contributed by atoms with Crippen LogP contribution in [-0.4, -0.2) is 52.7 Å². The highest BCUT2D eigenvalue weighted by atomic mass is 127. The third kappa shape index (κ3) is 11.0. The Hall–Kier alpha value is -2.37. The molecule has 0 unspecified atom stereocenters. The standard InChI is InChI=1S/C21H30IN3O6/c1-2-3-4-7-16(19(27)28)24-21(31)25-17(20(29)30)8-5-6-13-23-18(26)14-9-11-15(22)12-10-14/h9-12,16-17H,2-8,13H2,1H3,(H,23,26)(H,27,28)(H,29,30)(H2,24,25,31)/t16-,17-/m0/s1. The Morgan fingerprint density at radius 2 is 1.39 bits per heavy atom. The zero-order chi connectivity index (χ0) is 23.2. The van der Waals surface area contributed by atoms with Gasteiger partial charge in [-0.25, -0.2) is 14.4 Å². The Kier molecular flexibility index (Phi) is 12.6. The van der Waals surface area contributed by atoms with Crippen LogP contribution < -0.4 is 16.0 Å². The Balaban J connectivity index is 2.38. The predicted octanol–water partition coefficient (Wildman–Crippen LogP) is 2.98. The molecule has 0 saturated heterocycles. The van der Waals surface area contributed by atoms with Crippen LogP contribution in [-0.2, 0) is 9.59 Å². The molecule has 0 spiro atoms. The number of carbonyl (C=O) groups is 4. The molecule has 0 heterocycles. The number of benzene rings is 1. The molecule has 9 nitrogen and oxygen atoms in total. The number of halogens is 1. The van der Waals surface area contributed by atoms with Crippen LogP contribution in [0.5, 0.6) is 0 Å². The van der Waals surface area contributed by atoms with E-state index in [9.17, 15) is 29.4 Å². The number of aliphatic carboxylic acids is 2. The van der Waals surface area contributed by atoms with Crippen molar-refractivity contribution in [2.24, 2.45) is 0 Å². The number of carboxylic acids is 2. The summed E-state index contributed by atoms with van der Waals surface area (Å²) < 4.78 is 1.03. The largest absolute Gasteiger partial charge is 0.480 e. The number of hydrogen-bond donors (Lipinski definition) is 5. The van der Waals surface area contributed by atoms with Crippen molar-refractivity contribution in [2.75, 3.05) is 6.54 Å². The predicted molar refractivity (Wildman–Crippen MR) is 124 cm³/mol. The highest BCUT2D eigenvalue weighted by molar-refractivity contribution is 14.1. The molecule has 1 aromatic rings. The molecule has 5 N–H and O–H groups in total. The molecule has 0 radical (unpaired) electrons. The maximum absolute atomic E-state index is 12.1. The van der Waals surface area contributed by atoms with Crippen LogP contribution in [0.3, 0.4) is 0 Å². The van der Waals surface area contributed by atoms with Crippen LogP contribution in [0.4, 0.5) is 4.79 Å². The molecule has 172 valence electrons. The molecular formula is C21H30IN3O6. The van der Waals surface area contributed by atoms with Crippen molar-refractivity contribution < 1.29 is 29.4 Å². The number of carbonyl (C=O) groups excluding carboxylic acids is 2. The van der Waals surface area contributed by atoms with Gasteiger partial charge in [0.25, 0.3) is 5.91 Å². The summed E-state index contributed by atoms with van der Waals surface area (Å²) in [6.07, 6.45) is 3.88. The number of rotatable bonds is 14. The summed E-state index contributed by atoms with van der Waals surface area (Å²) in [7, 11) is 0. The van der Waals surface area contributed by atoms with Gasteiger partial charge in [0.1, 0.15) is 12.1 Å². The van der Waals surface area contributed by atoms with E-state index in [4.69, 9.17) is 0 Å². The van der Waals surface area contributed by atoms with E-state index in [1.165, 1.54) is 0 Å².